The molecule has 0 bridgehead atoms. The van der Waals surface area contributed by atoms with E-state index in [0.717, 1.165) is 11.1 Å². The lowest BCUT2D eigenvalue weighted by atomic mass is 10.1. The number of methoxy groups -OCH3 is 1. The zero-order chi connectivity index (χ0) is 13.8. The van der Waals surface area contributed by atoms with Gasteiger partial charge in [-0.15, -0.1) is 0 Å². The number of nitriles is 1. The van der Waals surface area contributed by atoms with Gasteiger partial charge in [-0.3, -0.25) is 4.68 Å². The van der Waals surface area contributed by atoms with Gasteiger partial charge in [-0.1, -0.05) is 12.1 Å². The van der Waals surface area contributed by atoms with E-state index in [9.17, 15) is 4.79 Å². The number of carbonyl (C=O) groups is 1. The zero-order valence-corrected chi connectivity index (χ0v) is 10.8. The summed E-state index contributed by atoms with van der Waals surface area (Å²) >= 11 is 0. The Bertz CT molecular complexity index is 636. The Kier molecular flexibility index (Phi) is 3.62. The molecule has 5 nitrogen and oxygen atoms in total. The topological polar surface area (TPSA) is 67.9 Å². The molecule has 0 atom stereocenters. The van der Waals surface area contributed by atoms with Crippen LogP contribution in [-0.4, -0.2) is 22.9 Å². The number of benzene rings is 1. The number of esters is 1. The summed E-state index contributed by atoms with van der Waals surface area (Å²) in [6.07, 6.45) is 1.63. The van der Waals surface area contributed by atoms with Crippen molar-refractivity contribution in [1.29, 1.82) is 5.26 Å². The highest BCUT2D eigenvalue weighted by molar-refractivity contribution is 5.88. The predicted molar refractivity (Wildman–Crippen MR) is 68.6 cm³/mol. The van der Waals surface area contributed by atoms with Crippen LogP contribution in [0, 0.1) is 18.3 Å². The van der Waals surface area contributed by atoms with Crippen LogP contribution in [0.15, 0.2) is 30.5 Å². The third kappa shape index (κ3) is 2.63. The summed E-state index contributed by atoms with van der Waals surface area (Å²) < 4.78 is 6.35. The van der Waals surface area contributed by atoms with Crippen LogP contribution in [0.1, 0.15) is 27.2 Å². The Hall–Kier alpha value is -2.61. The number of hydrogen-bond donors (Lipinski definition) is 0. The minimum absolute atomic E-state index is 0.399. The second-order valence-electron chi connectivity index (χ2n) is 4.13. The molecular formula is C14H13N3O2. The fraction of sp³-hybridized carbons (Fsp3) is 0.214. The molecule has 19 heavy (non-hydrogen) atoms. The average molecular weight is 255 g/mol. The molecule has 0 saturated heterocycles. The maximum atomic E-state index is 11.7. The number of nitrogens with zero attached hydrogens (tertiary/aromatic N) is 3. The van der Waals surface area contributed by atoms with E-state index in [4.69, 9.17) is 10.00 Å². The Morgan fingerprint density at radius 1 is 1.42 bits per heavy atom. The minimum atomic E-state index is -0.399. The molecule has 0 N–H and O–H groups in total. The Morgan fingerprint density at radius 2 is 2.11 bits per heavy atom. The van der Waals surface area contributed by atoms with Gasteiger partial charge in [0.25, 0.3) is 0 Å². The molecule has 0 unspecified atom stereocenters. The van der Waals surface area contributed by atoms with Crippen molar-refractivity contribution < 1.29 is 9.53 Å². The number of carbonyl (C=O) groups excluding carboxylic acids is 1. The van der Waals surface area contributed by atoms with Crippen molar-refractivity contribution in [3.8, 4) is 6.07 Å². The predicted octanol–water partition coefficient (Wildman–Crippen LogP) is 1.90. The van der Waals surface area contributed by atoms with Gasteiger partial charge in [-0.2, -0.15) is 10.4 Å². The summed E-state index contributed by atoms with van der Waals surface area (Å²) in [5.41, 5.74) is 2.80. The monoisotopic (exact) mass is 255 g/mol. The maximum absolute atomic E-state index is 11.7. The highest BCUT2D eigenvalue weighted by Crippen LogP contribution is 2.12. The average Bonchev–Trinajstić information content (AvgIpc) is 2.80. The summed E-state index contributed by atoms with van der Waals surface area (Å²) in [4.78, 5) is 11.7. The number of hydrogen-bond acceptors (Lipinski definition) is 4. The summed E-state index contributed by atoms with van der Waals surface area (Å²) in [5, 5.41) is 12.9. The highest BCUT2D eigenvalue weighted by Gasteiger charge is 2.16. The van der Waals surface area contributed by atoms with Gasteiger partial charge in [-0.25, -0.2) is 4.79 Å². The fourth-order valence-corrected chi connectivity index (χ4v) is 1.82. The van der Waals surface area contributed by atoms with Crippen LogP contribution < -0.4 is 0 Å². The van der Waals surface area contributed by atoms with Gasteiger partial charge in [0.2, 0.25) is 0 Å². The van der Waals surface area contributed by atoms with Crippen molar-refractivity contribution in [2.75, 3.05) is 7.11 Å². The van der Waals surface area contributed by atoms with E-state index >= 15 is 0 Å². The fourth-order valence-electron chi connectivity index (χ4n) is 1.82. The summed E-state index contributed by atoms with van der Waals surface area (Å²) in [7, 11) is 1.35. The SMILES string of the molecule is COC(=O)c1c(C)cnn1Cc1ccc(C#N)cc1. The van der Waals surface area contributed by atoms with Crippen LogP contribution in [-0.2, 0) is 11.3 Å². The van der Waals surface area contributed by atoms with E-state index in [1.54, 1.807) is 23.0 Å². The van der Waals surface area contributed by atoms with Gasteiger partial charge in [-0.05, 0) is 24.6 Å². The van der Waals surface area contributed by atoms with E-state index in [-0.39, 0.29) is 0 Å². The molecule has 0 spiro atoms. The van der Waals surface area contributed by atoms with Crippen molar-refractivity contribution in [1.82, 2.24) is 9.78 Å². The van der Waals surface area contributed by atoms with E-state index in [2.05, 4.69) is 11.2 Å². The van der Waals surface area contributed by atoms with Crippen molar-refractivity contribution in [2.24, 2.45) is 0 Å². The van der Waals surface area contributed by atoms with E-state index in [1.165, 1.54) is 7.11 Å². The summed E-state index contributed by atoms with van der Waals surface area (Å²) in [5.74, 6) is -0.399. The van der Waals surface area contributed by atoms with Crippen LogP contribution in [0.3, 0.4) is 0 Å². The molecule has 0 fully saturated rings. The smallest absolute Gasteiger partial charge is 0.356 e. The first-order valence-electron chi connectivity index (χ1n) is 5.75. The van der Waals surface area contributed by atoms with Gasteiger partial charge in [0, 0.05) is 5.56 Å². The molecule has 0 amide bonds. The van der Waals surface area contributed by atoms with Crippen LogP contribution in [0.25, 0.3) is 0 Å². The Labute approximate surface area is 111 Å². The summed E-state index contributed by atoms with van der Waals surface area (Å²) in [6, 6.07) is 9.23. The van der Waals surface area contributed by atoms with E-state index < -0.39 is 5.97 Å². The molecular weight excluding hydrogens is 242 g/mol. The second kappa shape index (κ2) is 5.36. The first kappa shape index (κ1) is 12.8. The molecule has 1 heterocycles. The largest absolute Gasteiger partial charge is 0.464 e. The lowest BCUT2D eigenvalue weighted by Crippen LogP contribution is -2.13. The molecule has 0 radical (unpaired) electrons. The van der Waals surface area contributed by atoms with Gasteiger partial charge in [0.1, 0.15) is 5.69 Å². The molecule has 96 valence electrons. The molecule has 1 aromatic heterocycles. The van der Waals surface area contributed by atoms with Gasteiger partial charge in [0.15, 0.2) is 0 Å². The molecule has 2 rings (SSSR count). The third-order valence-corrected chi connectivity index (χ3v) is 2.82. The van der Waals surface area contributed by atoms with E-state index in [1.807, 2.05) is 19.1 Å². The minimum Gasteiger partial charge on any atom is -0.464 e. The molecule has 0 aliphatic carbocycles. The Balaban J connectivity index is 2.28. The van der Waals surface area contributed by atoms with Crippen LogP contribution >= 0.6 is 0 Å². The first-order chi connectivity index (χ1) is 9.15. The molecule has 0 aliphatic heterocycles. The number of ether oxygens (including phenoxy) is 1. The third-order valence-electron chi connectivity index (χ3n) is 2.82. The first-order valence-corrected chi connectivity index (χ1v) is 5.75. The maximum Gasteiger partial charge on any atom is 0.356 e. The molecule has 2 aromatic rings. The Morgan fingerprint density at radius 3 is 2.68 bits per heavy atom. The molecule has 0 aliphatic rings. The highest BCUT2D eigenvalue weighted by atomic mass is 16.5. The number of rotatable bonds is 3. The van der Waals surface area contributed by atoms with Gasteiger partial charge >= 0.3 is 5.97 Å². The molecule has 1 aromatic carbocycles. The van der Waals surface area contributed by atoms with Crippen molar-refractivity contribution in [3.63, 3.8) is 0 Å². The standard InChI is InChI=1S/C14H13N3O2/c1-10-8-16-17(13(10)14(18)19-2)9-12-5-3-11(7-15)4-6-12/h3-6,8H,9H2,1-2H3. The van der Waals surface area contributed by atoms with Crippen LogP contribution in [0.4, 0.5) is 0 Å². The molecule has 0 saturated carbocycles. The lowest BCUT2D eigenvalue weighted by Gasteiger charge is -2.07. The normalized spacial score (nSPS) is 9.95. The van der Waals surface area contributed by atoms with Crippen molar-refractivity contribution >= 4 is 5.97 Å². The van der Waals surface area contributed by atoms with E-state index in [0.29, 0.717) is 17.8 Å². The number of aromatic nitrogens is 2. The van der Waals surface area contributed by atoms with Crippen molar-refractivity contribution in [3.05, 3.63) is 52.8 Å². The van der Waals surface area contributed by atoms with Crippen LogP contribution in [0.2, 0.25) is 0 Å². The quantitative estimate of drug-likeness (QED) is 0.785. The second-order valence-corrected chi connectivity index (χ2v) is 4.13. The van der Waals surface area contributed by atoms with Crippen molar-refractivity contribution in [2.45, 2.75) is 13.5 Å². The zero-order valence-electron chi connectivity index (χ0n) is 10.8. The van der Waals surface area contributed by atoms with Crippen LogP contribution in [0.5, 0.6) is 0 Å². The van der Waals surface area contributed by atoms with Gasteiger partial charge in [0.05, 0.1) is 31.5 Å². The summed E-state index contributed by atoms with van der Waals surface area (Å²) in [6.45, 7) is 2.28. The lowest BCUT2D eigenvalue weighted by molar-refractivity contribution is 0.0586. The van der Waals surface area contributed by atoms with Gasteiger partial charge < -0.3 is 4.74 Å². The number of aryl methyl sites for hydroxylation is 1. The molecule has 5 heteroatoms.